The van der Waals surface area contributed by atoms with Crippen molar-refractivity contribution in [2.24, 2.45) is 11.8 Å². The van der Waals surface area contributed by atoms with Crippen molar-refractivity contribution in [3.63, 3.8) is 0 Å². The van der Waals surface area contributed by atoms with Gasteiger partial charge in [0.05, 0.1) is 11.7 Å². The lowest BCUT2D eigenvalue weighted by molar-refractivity contribution is -0.304. The molecule has 26 heavy (non-hydrogen) atoms. The zero-order valence-corrected chi connectivity index (χ0v) is 15.7. The third kappa shape index (κ3) is 3.63. The van der Waals surface area contributed by atoms with Crippen LogP contribution in [-0.2, 0) is 24.0 Å². The van der Waals surface area contributed by atoms with Crippen molar-refractivity contribution in [2.75, 3.05) is 0 Å². The van der Waals surface area contributed by atoms with E-state index in [1.54, 1.807) is 0 Å². The molecule has 0 aromatic carbocycles. The molecule has 0 aromatic rings. The Hall–Kier alpha value is -1.50. The molecule has 6 nitrogen and oxygen atoms in total. The van der Waals surface area contributed by atoms with Crippen molar-refractivity contribution < 1.29 is 29.2 Å². The van der Waals surface area contributed by atoms with Crippen LogP contribution in [0.3, 0.4) is 0 Å². The molecule has 1 N–H and O–H groups in total. The quantitative estimate of drug-likeness (QED) is 0.192. The molecule has 0 aromatic heterocycles. The standard InChI is InChI=1S/C20H28O6/c1-12-7-5-8-19(3,26-23)9-6-10-20(4)15(25-20)11-14-13(2)18(22)24-17(14)16(12)21/h6,9,12,14-15,17,23H,2,5,7-8,10-11H2,1,3-4H3/b9-6-. The number of hydrogen-bond acceptors (Lipinski definition) is 6. The Kier molecular flexibility index (Phi) is 5.12. The van der Waals surface area contributed by atoms with Crippen molar-refractivity contribution in [1.29, 1.82) is 0 Å². The van der Waals surface area contributed by atoms with Gasteiger partial charge in [0.1, 0.15) is 5.60 Å². The first-order valence-corrected chi connectivity index (χ1v) is 9.31. The smallest absolute Gasteiger partial charge is 0.334 e. The summed E-state index contributed by atoms with van der Waals surface area (Å²) in [6, 6.07) is 0. The van der Waals surface area contributed by atoms with Crippen LogP contribution in [0.15, 0.2) is 24.3 Å². The van der Waals surface area contributed by atoms with Crippen LogP contribution < -0.4 is 0 Å². The first-order chi connectivity index (χ1) is 12.2. The van der Waals surface area contributed by atoms with Gasteiger partial charge in [0, 0.05) is 17.4 Å². The lowest BCUT2D eigenvalue weighted by atomic mass is 9.82. The molecule has 2 aliphatic heterocycles. The van der Waals surface area contributed by atoms with Crippen molar-refractivity contribution in [3.8, 4) is 0 Å². The highest BCUT2D eigenvalue weighted by atomic mass is 17.1. The van der Waals surface area contributed by atoms with Crippen LogP contribution in [0.5, 0.6) is 0 Å². The number of hydrogen-bond donors (Lipinski definition) is 1. The third-order valence-corrected chi connectivity index (χ3v) is 6.09. The van der Waals surface area contributed by atoms with Gasteiger partial charge in [-0.05, 0) is 46.0 Å². The minimum atomic E-state index is -0.787. The van der Waals surface area contributed by atoms with Gasteiger partial charge in [-0.1, -0.05) is 25.7 Å². The number of carbonyl (C=O) groups is 2. The van der Waals surface area contributed by atoms with E-state index >= 15 is 0 Å². The number of Topliss-reactive ketones (excluding diaryl/α,β-unsaturated/α-hetero) is 1. The number of fused-ring (bicyclic) bond motifs is 2. The van der Waals surface area contributed by atoms with E-state index in [2.05, 4.69) is 11.5 Å². The summed E-state index contributed by atoms with van der Waals surface area (Å²) in [5.41, 5.74) is -0.760. The Balaban J connectivity index is 1.84. The maximum atomic E-state index is 12.9. The van der Waals surface area contributed by atoms with Crippen LogP contribution in [-0.4, -0.2) is 40.4 Å². The minimum absolute atomic E-state index is 0.0572. The fourth-order valence-corrected chi connectivity index (χ4v) is 4.01. The summed E-state index contributed by atoms with van der Waals surface area (Å²) in [5, 5.41) is 9.28. The van der Waals surface area contributed by atoms with E-state index in [-0.39, 0.29) is 29.3 Å². The zero-order valence-electron chi connectivity index (χ0n) is 15.7. The molecule has 3 aliphatic rings. The van der Waals surface area contributed by atoms with Gasteiger partial charge in [0.25, 0.3) is 0 Å². The lowest BCUT2D eigenvalue weighted by Gasteiger charge is -2.24. The molecule has 144 valence electrons. The van der Waals surface area contributed by atoms with E-state index in [0.717, 1.165) is 0 Å². The van der Waals surface area contributed by atoms with Crippen molar-refractivity contribution in [1.82, 2.24) is 0 Å². The SMILES string of the molecule is C=C1C(=O)OC2C(=O)C(C)CCCC(C)(OO)/C=C\CC3(C)OC3CC12. The molecule has 2 saturated heterocycles. The zero-order chi connectivity index (χ0) is 19.1. The Bertz CT molecular complexity index is 640. The molecule has 2 heterocycles. The number of rotatable bonds is 1. The molecule has 3 rings (SSSR count). The van der Waals surface area contributed by atoms with E-state index < -0.39 is 17.7 Å². The second kappa shape index (κ2) is 6.91. The van der Waals surface area contributed by atoms with Crippen molar-refractivity contribution in [3.05, 3.63) is 24.3 Å². The van der Waals surface area contributed by atoms with Crippen molar-refractivity contribution in [2.45, 2.75) is 76.3 Å². The average molecular weight is 364 g/mol. The normalized spacial score (nSPS) is 45.3. The second-order valence-electron chi connectivity index (χ2n) is 8.32. The largest absolute Gasteiger partial charge is 0.450 e. The van der Waals surface area contributed by atoms with Crippen molar-refractivity contribution >= 4 is 11.8 Å². The number of epoxide rings is 1. The lowest BCUT2D eigenvalue weighted by Crippen LogP contribution is -2.33. The summed E-state index contributed by atoms with van der Waals surface area (Å²) in [5.74, 6) is -1.11. The van der Waals surface area contributed by atoms with Gasteiger partial charge in [0.15, 0.2) is 11.9 Å². The van der Waals surface area contributed by atoms with Crippen LogP contribution in [0.2, 0.25) is 0 Å². The predicted octanol–water partition coefficient (Wildman–Crippen LogP) is 3.22. The highest BCUT2D eigenvalue weighted by Crippen LogP contribution is 2.47. The molecular formula is C20H28O6. The summed E-state index contributed by atoms with van der Waals surface area (Å²) >= 11 is 0. The van der Waals surface area contributed by atoms with E-state index in [9.17, 15) is 14.8 Å². The molecule has 0 amide bonds. The molecule has 6 unspecified atom stereocenters. The summed E-state index contributed by atoms with van der Waals surface area (Å²) in [4.78, 5) is 29.5. The maximum Gasteiger partial charge on any atom is 0.334 e. The molecule has 1 aliphatic carbocycles. The highest BCUT2D eigenvalue weighted by molar-refractivity contribution is 5.98. The number of ether oxygens (including phenoxy) is 2. The molecule has 0 spiro atoms. The van der Waals surface area contributed by atoms with E-state index in [1.165, 1.54) is 0 Å². The molecule has 6 heteroatoms. The van der Waals surface area contributed by atoms with Gasteiger partial charge in [-0.3, -0.25) is 10.1 Å². The summed E-state index contributed by atoms with van der Waals surface area (Å²) in [6.45, 7) is 9.52. The van der Waals surface area contributed by atoms with Gasteiger partial charge in [-0.2, -0.15) is 0 Å². The summed E-state index contributed by atoms with van der Waals surface area (Å²) in [6.07, 6.45) is 6.15. The van der Waals surface area contributed by atoms with Crippen LogP contribution in [0, 0.1) is 11.8 Å². The Labute approximate surface area is 154 Å². The first-order valence-electron chi connectivity index (χ1n) is 9.31. The molecule has 6 atom stereocenters. The number of esters is 1. The molecule has 0 radical (unpaired) electrons. The second-order valence-corrected chi connectivity index (χ2v) is 8.32. The van der Waals surface area contributed by atoms with Gasteiger partial charge < -0.3 is 9.47 Å². The van der Waals surface area contributed by atoms with Crippen LogP contribution in [0.25, 0.3) is 0 Å². The molecule has 2 fully saturated rings. The Morgan fingerprint density at radius 2 is 2.08 bits per heavy atom. The highest BCUT2D eigenvalue weighted by Gasteiger charge is 2.55. The van der Waals surface area contributed by atoms with Crippen LogP contribution in [0.4, 0.5) is 0 Å². The van der Waals surface area contributed by atoms with Gasteiger partial charge in [-0.25, -0.2) is 9.68 Å². The predicted molar refractivity (Wildman–Crippen MR) is 94.3 cm³/mol. The number of carbonyl (C=O) groups excluding carboxylic acids is 2. The van der Waals surface area contributed by atoms with Gasteiger partial charge >= 0.3 is 5.97 Å². The molecule has 0 bridgehead atoms. The maximum absolute atomic E-state index is 12.9. The molecular weight excluding hydrogens is 336 g/mol. The topological polar surface area (TPSA) is 85.4 Å². The fourth-order valence-electron chi connectivity index (χ4n) is 4.01. The van der Waals surface area contributed by atoms with E-state index in [0.29, 0.717) is 37.7 Å². The number of ketones is 1. The van der Waals surface area contributed by atoms with Gasteiger partial charge in [-0.15, -0.1) is 0 Å². The van der Waals surface area contributed by atoms with E-state index in [1.807, 2.05) is 32.9 Å². The monoisotopic (exact) mass is 364 g/mol. The molecule has 0 saturated carbocycles. The fraction of sp³-hybridized carbons (Fsp3) is 0.700. The van der Waals surface area contributed by atoms with Crippen LogP contribution >= 0.6 is 0 Å². The van der Waals surface area contributed by atoms with Gasteiger partial charge in [0.2, 0.25) is 0 Å². The minimum Gasteiger partial charge on any atom is -0.450 e. The summed E-state index contributed by atoms with van der Waals surface area (Å²) < 4.78 is 11.2. The Morgan fingerprint density at radius 3 is 2.77 bits per heavy atom. The average Bonchev–Trinajstić information content (AvgIpc) is 3.15. The van der Waals surface area contributed by atoms with E-state index in [4.69, 9.17) is 9.47 Å². The Morgan fingerprint density at radius 1 is 1.35 bits per heavy atom. The summed E-state index contributed by atoms with van der Waals surface area (Å²) in [7, 11) is 0. The first kappa shape index (κ1) is 19.3. The van der Waals surface area contributed by atoms with Crippen LogP contribution in [0.1, 0.15) is 52.9 Å². The third-order valence-electron chi connectivity index (χ3n) is 6.09.